The van der Waals surface area contributed by atoms with E-state index in [0.29, 0.717) is 28.4 Å². The molecule has 0 saturated heterocycles. The average Bonchev–Trinajstić information content (AvgIpc) is 3.32. The number of rotatable bonds is 6. The number of para-hydroxylation sites is 1. The molecular formula is C18H15N3O3S2. The number of hydrogen-bond acceptors (Lipinski definition) is 8. The van der Waals surface area contributed by atoms with Crippen molar-refractivity contribution in [2.24, 2.45) is 0 Å². The molecule has 0 aliphatic rings. The van der Waals surface area contributed by atoms with Crippen molar-refractivity contribution in [2.45, 2.75) is 11.0 Å². The summed E-state index contributed by atoms with van der Waals surface area (Å²) in [7, 11) is 3.19. The third-order valence-corrected chi connectivity index (χ3v) is 5.74. The molecule has 0 amide bonds. The first-order chi connectivity index (χ1) is 12.8. The standard InChI is InChI=1S/C18H15N3O3S2/c1-22-13-8-7-11(9-14(13)23-2)17-20-21-18(24-17)25-10-16-19-12-5-3-4-6-15(12)26-16/h3-9H,10H2,1-2H3. The van der Waals surface area contributed by atoms with Gasteiger partial charge in [0.05, 0.1) is 30.2 Å². The van der Waals surface area contributed by atoms with Crippen LogP contribution < -0.4 is 9.47 Å². The summed E-state index contributed by atoms with van der Waals surface area (Å²) in [5.41, 5.74) is 1.80. The minimum atomic E-state index is 0.442. The quantitative estimate of drug-likeness (QED) is 0.447. The number of benzene rings is 2. The van der Waals surface area contributed by atoms with E-state index in [-0.39, 0.29) is 0 Å². The third kappa shape index (κ3) is 3.38. The van der Waals surface area contributed by atoms with Crippen LogP contribution >= 0.6 is 23.1 Å². The number of fused-ring (bicyclic) bond motifs is 1. The number of aromatic nitrogens is 3. The highest BCUT2D eigenvalue weighted by Gasteiger charge is 2.13. The largest absolute Gasteiger partial charge is 0.493 e. The van der Waals surface area contributed by atoms with Crippen LogP contribution in [-0.2, 0) is 5.75 Å². The fraction of sp³-hybridized carbons (Fsp3) is 0.167. The van der Waals surface area contributed by atoms with Crippen molar-refractivity contribution in [2.75, 3.05) is 14.2 Å². The zero-order valence-corrected chi connectivity index (χ0v) is 15.8. The lowest BCUT2D eigenvalue weighted by Crippen LogP contribution is -1.90. The van der Waals surface area contributed by atoms with E-state index < -0.39 is 0 Å². The summed E-state index contributed by atoms with van der Waals surface area (Å²) in [6, 6.07) is 13.6. The number of thioether (sulfide) groups is 1. The van der Waals surface area contributed by atoms with Crippen LogP contribution in [0.4, 0.5) is 0 Å². The molecule has 4 aromatic rings. The molecule has 0 spiro atoms. The van der Waals surface area contributed by atoms with Crippen LogP contribution in [0.2, 0.25) is 0 Å². The van der Waals surface area contributed by atoms with Crippen LogP contribution in [-0.4, -0.2) is 29.4 Å². The van der Waals surface area contributed by atoms with Gasteiger partial charge in [0.1, 0.15) is 5.01 Å². The molecule has 132 valence electrons. The second kappa shape index (κ2) is 7.35. The molecule has 4 rings (SSSR count). The lowest BCUT2D eigenvalue weighted by molar-refractivity contribution is 0.355. The molecule has 8 heteroatoms. The summed E-state index contributed by atoms with van der Waals surface area (Å²) in [5.74, 6) is 2.40. The highest BCUT2D eigenvalue weighted by atomic mass is 32.2. The molecule has 0 saturated carbocycles. The van der Waals surface area contributed by atoms with Gasteiger partial charge in [0, 0.05) is 5.56 Å². The summed E-state index contributed by atoms with van der Waals surface area (Å²) in [6.45, 7) is 0. The van der Waals surface area contributed by atoms with Crippen LogP contribution in [0, 0.1) is 0 Å². The molecule has 6 nitrogen and oxygen atoms in total. The van der Waals surface area contributed by atoms with E-state index in [4.69, 9.17) is 13.9 Å². The maximum atomic E-state index is 5.76. The normalized spacial score (nSPS) is 11.0. The molecule has 0 bridgehead atoms. The van der Waals surface area contributed by atoms with E-state index in [0.717, 1.165) is 16.1 Å². The van der Waals surface area contributed by atoms with Crippen LogP contribution in [0.1, 0.15) is 5.01 Å². The Morgan fingerprint density at radius 3 is 2.69 bits per heavy atom. The molecule has 0 atom stereocenters. The molecule has 2 aromatic carbocycles. The zero-order chi connectivity index (χ0) is 17.9. The van der Waals surface area contributed by atoms with Crippen molar-refractivity contribution in [1.82, 2.24) is 15.2 Å². The molecular weight excluding hydrogens is 370 g/mol. The third-order valence-electron chi connectivity index (χ3n) is 3.69. The smallest absolute Gasteiger partial charge is 0.277 e. The number of hydrogen-bond donors (Lipinski definition) is 0. The van der Waals surface area contributed by atoms with Gasteiger partial charge in [-0.3, -0.25) is 0 Å². The minimum absolute atomic E-state index is 0.442. The van der Waals surface area contributed by atoms with Crippen LogP contribution in [0.5, 0.6) is 11.5 Å². The van der Waals surface area contributed by atoms with E-state index in [1.807, 2.05) is 36.4 Å². The topological polar surface area (TPSA) is 70.3 Å². The van der Waals surface area contributed by atoms with Gasteiger partial charge in [-0.15, -0.1) is 21.5 Å². The fourth-order valence-corrected chi connectivity index (χ4v) is 4.18. The fourth-order valence-electron chi connectivity index (χ4n) is 2.46. The van der Waals surface area contributed by atoms with E-state index in [1.54, 1.807) is 25.6 Å². The Hall–Kier alpha value is -2.58. The monoisotopic (exact) mass is 385 g/mol. The van der Waals surface area contributed by atoms with Gasteiger partial charge in [-0.25, -0.2) is 4.98 Å². The van der Waals surface area contributed by atoms with Gasteiger partial charge in [0.2, 0.25) is 5.89 Å². The lowest BCUT2D eigenvalue weighted by atomic mass is 10.2. The zero-order valence-electron chi connectivity index (χ0n) is 14.1. The van der Waals surface area contributed by atoms with Gasteiger partial charge < -0.3 is 13.9 Å². The van der Waals surface area contributed by atoms with Gasteiger partial charge in [0.25, 0.3) is 5.22 Å². The Balaban J connectivity index is 1.49. The van der Waals surface area contributed by atoms with Crippen molar-refractivity contribution < 1.29 is 13.9 Å². The Kier molecular flexibility index (Phi) is 4.77. The highest BCUT2D eigenvalue weighted by Crippen LogP contribution is 2.33. The number of nitrogens with zero attached hydrogens (tertiary/aromatic N) is 3. The van der Waals surface area contributed by atoms with E-state index in [9.17, 15) is 0 Å². The van der Waals surface area contributed by atoms with Gasteiger partial charge in [-0.2, -0.15) is 0 Å². The summed E-state index contributed by atoms with van der Waals surface area (Å²) >= 11 is 3.15. The van der Waals surface area contributed by atoms with Crippen molar-refractivity contribution in [1.29, 1.82) is 0 Å². The Labute approximate surface area is 158 Å². The van der Waals surface area contributed by atoms with Gasteiger partial charge in [-0.1, -0.05) is 23.9 Å². The lowest BCUT2D eigenvalue weighted by Gasteiger charge is -2.07. The molecule has 0 N–H and O–H groups in total. The number of methoxy groups -OCH3 is 2. The summed E-state index contributed by atoms with van der Waals surface area (Å²) in [6.07, 6.45) is 0. The Morgan fingerprint density at radius 1 is 1.04 bits per heavy atom. The van der Waals surface area contributed by atoms with Crippen LogP contribution in [0.25, 0.3) is 21.7 Å². The Bertz CT molecular complexity index is 1010. The van der Waals surface area contributed by atoms with Crippen LogP contribution in [0.15, 0.2) is 52.1 Å². The second-order valence-electron chi connectivity index (χ2n) is 5.31. The summed E-state index contributed by atoms with van der Waals surface area (Å²) in [4.78, 5) is 4.61. The van der Waals surface area contributed by atoms with Crippen LogP contribution in [0.3, 0.4) is 0 Å². The molecule has 2 aromatic heterocycles. The second-order valence-corrected chi connectivity index (χ2v) is 7.35. The summed E-state index contributed by atoms with van der Waals surface area (Å²) < 4.78 is 17.5. The predicted molar refractivity (Wildman–Crippen MR) is 102 cm³/mol. The predicted octanol–water partition coefficient (Wildman–Crippen LogP) is 4.66. The number of ether oxygens (including phenoxy) is 2. The van der Waals surface area contributed by atoms with Gasteiger partial charge in [0.15, 0.2) is 11.5 Å². The number of thiazole rings is 1. The van der Waals surface area contributed by atoms with Crippen molar-refractivity contribution in [3.8, 4) is 23.0 Å². The molecule has 0 aliphatic heterocycles. The van der Waals surface area contributed by atoms with Gasteiger partial charge in [-0.05, 0) is 30.3 Å². The van der Waals surface area contributed by atoms with Crippen molar-refractivity contribution in [3.05, 3.63) is 47.5 Å². The molecule has 0 unspecified atom stereocenters. The minimum Gasteiger partial charge on any atom is -0.493 e. The van der Waals surface area contributed by atoms with E-state index >= 15 is 0 Å². The molecule has 26 heavy (non-hydrogen) atoms. The first-order valence-electron chi connectivity index (χ1n) is 7.80. The van der Waals surface area contributed by atoms with Gasteiger partial charge >= 0.3 is 0 Å². The average molecular weight is 385 g/mol. The Morgan fingerprint density at radius 2 is 1.88 bits per heavy atom. The maximum Gasteiger partial charge on any atom is 0.277 e. The molecule has 2 heterocycles. The maximum absolute atomic E-state index is 5.76. The molecule has 0 fully saturated rings. The first kappa shape index (κ1) is 16.9. The summed E-state index contributed by atoms with van der Waals surface area (Å²) in [5, 5.41) is 9.77. The van der Waals surface area contributed by atoms with E-state index in [1.165, 1.54) is 16.5 Å². The SMILES string of the molecule is COc1ccc(-c2nnc(SCc3nc4ccccc4s3)o2)cc1OC. The molecule has 0 radical (unpaired) electrons. The first-order valence-corrected chi connectivity index (χ1v) is 9.60. The van der Waals surface area contributed by atoms with Crippen molar-refractivity contribution in [3.63, 3.8) is 0 Å². The van der Waals surface area contributed by atoms with E-state index in [2.05, 4.69) is 21.2 Å². The highest BCUT2D eigenvalue weighted by molar-refractivity contribution is 7.98. The van der Waals surface area contributed by atoms with Crippen molar-refractivity contribution >= 4 is 33.3 Å². The molecule has 0 aliphatic carbocycles.